The van der Waals surface area contributed by atoms with Gasteiger partial charge in [-0.15, -0.1) is 0 Å². The zero-order chi connectivity index (χ0) is 21.2. The molecule has 0 radical (unpaired) electrons. The van der Waals surface area contributed by atoms with Gasteiger partial charge in [0.2, 0.25) is 0 Å². The number of aliphatic imine (C=N–C) groups is 1. The lowest BCUT2D eigenvalue weighted by Crippen LogP contribution is -2.13. The molecule has 148 valence electrons. The summed E-state index contributed by atoms with van der Waals surface area (Å²) >= 11 is 0. The third-order valence-corrected chi connectivity index (χ3v) is 5.18. The summed E-state index contributed by atoms with van der Waals surface area (Å²) in [6.45, 7) is 16.8. The van der Waals surface area contributed by atoms with Crippen LogP contribution in [0.3, 0.4) is 0 Å². The van der Waals surface area contributed by atoms with Crippen molar-refractivity contribution >= 4 is 5.71 Å². The SMILES string of the molecule is C=C(C)N=C(C)c1ccc(-c2ccc(-c3ccc(C)cc3)cc2C(C)(C)C)cc1. The van der Waals surface area contributed by atoms with Gasteiger partial charge in [-0.25, -0.2) is 0 Å². The molecule has 0 amide bonds. The fraction of sp³-hybridized carbons (Fsp3) is 0.250. The molecule has 1 nitrogen and oxygen atoms in total. The fourth-order valence-electron chi connectivity index (χ4n) is 3.58. The molecule has 0 atom stereocenters. The quantitative estimate of drug-likeness (QED) is 0.406. The first-order chi connectivity index (χ1) is 13.6. The van der Waals surface area contributed by atoms with Crippen molar-refractivity contribution in [2.75, 3.05) is 0 Å². The molecule has 3 rings (SSSR count). The number of nitrogens with zero attached hydrogens (tertiary/aromatic N) is 1. The summed E-state index contributed by atoms with van der Waals surface area (Å²) in [6, 6.07) is 24.3. The van der Waals surface area contributed by atoms with E-state index in [0.717, 1.165) is 17.0 Å². The van der Waals surface area contributed by atoms with Crippen molar-refractivity contribution in [3.63, 3.8) is 0 Å². The molecule has 0 heterocycles. The Kier molecular flexibility index (Phi) is 5.88. The summed E-state index contributed by atoms with van der Waals surface area (Å²) in [5, 5.41) is 0. The lowest BCUT2D eigenvalue weighted by Gasteiger charge is -2.24. The average molecular weight is 382 g/mol. The van der Waals surface area contributed by atoms with Crippen LogP contribution in [0.5, 0.6) is 0 Å². The molecule has 0 saturated heterocycles. The first kappa shape index (κ1) is 20.8. The minimum atomic E-state index is 0.0477. The van der Waals surface area contributed by atoms with E-state index in [9.17, 15) is 0 Å². The number of hydrogen-bond donors (Lipinski definition) is 0. The van der Waals surface area contributed by atoms with Gasteiger partial charge in [0.05, 0.1) is 0 Å². The largest absolute Gasteiger partial charge is 0.258 e. The van der Waals surface area contributed by atoms with Gasteiger partial charge in [-0.1, -0.05) is 99.6 Å². The summed E-state index contributed by atoms with van der Waals surface area (Å²) in [7, 11) is 0. The Morgan fingerprint density at radius 3 is 1.86 bits per heavy atom. The first-order valence-corrected chi connectivity index (χ1v) is 10.2. The molecule has 0 bridgehead atoms. The van der Waals surface area contributed by atoms with Gasteiger partial charge in [-0.05, 0) is 59.6 Å². The van der Waals surface area contributed by atoms with Crippen LogP contribution in [-0.4, -0.2) is 5.71 Å². The smallest absolute Gasteiger partial charge is 0.0447 e. The Morgan fingerprint density at radius 1 is 0.759 bits per heavy atom. The van der Waals surface area contributed by atoms with E-state index in [-0.39, 0.29) is 5.41 Å². The third kappa shape index (κ3) is 4.92. The van der Waals surface area contributed by atoms with E-state index in [1.807, 2.05) is 13.8 Å². The molecule has 1 heteroatoms. The summed E-state index contributed by atoms with van der Waals surface area (Å²) in [5.41, 5.74) is 10.7. The Bertz CT molecular complexity index is 1040. The van der Waals surface area contributed by atoms with Crippen molar-refractivity contribution < 1.29 is 0 Å². The highest BCUT2D eigenvalue weighted by molar-refractivity contribution is 5.99. The van der Waals surface area contributed by atoms with E-state index in [0.29, 0.717) is 0 Å². The minimum Gasteiger partial charge on any atom is -0.258 e. The summed E-state index contributed by atoms with van der Waals surface area (Å²) in [5.74, 6) is 0. The van der Waals surface area contributed by atoms with Crippen molar-refractivity contribution in [1.82, 2.24) is 0 Å². The Hall–Kier alpha value is -2.93. The van der Waals surface area contributed by atoms with E-state index in [4.69, 9.17) is 0 Å². The highest BCUT2D eigenvalue weighted by atomic mass is 14.7. The van der Waals surface area contributed by atoms with Gasteiger partial charge >= 0.3 is 0 Å². The van der Waals surface area contributed by atoms with Gasteiger partial charge in [0.15, 0.2) is 0 Å². The van der Waals surface area contributed by atoms with Gasteiger partial charge in [-0.2, -0.15) is 0 Å². The maximum absolute atomic E-state index is 4.48. The molecular weight excluding hydrogens is 350 g/mol. The predicted molar refractivity (Wildman–Crippen MR) is 128 cm³/mol. The van der Waals surface area contributed by atoms with Crippen LogP contribution in [0.2, 0.25) is 0 Å². The lowest BCUT2D eigenvalue weighted by molar-refractivity contribution is 0.592. The fourth-order valence-corrected chi connectivity index (χ4v) is 3.58. The highest BCUT2D eigenvalue weighted by Gasteiger charge is 2.20. The van der Waals surface area contributed by atoms with E-state index in [2.05, 4.69) is 106 Å². The van der Waals surface area contributed by atoms with Crippen LogP contribution in [0, 0.1) is 6.92 Å². The van der Waals surface area contributed by atoms with Crippen molar-refractivity contribution in [1.29, 1.82) is 0 Å². The lowest BCUT2D eigenvalue weighted by atomic mass is 9.80. The topological polar surface area (TPSA) is 12.4 Å². The van der Waals surface area contributed by atoms with Gasteiger partial charge < -0.3 is 0 Å². The second kappa shape index (κ2) is 8.21. The minimum absolute atomic E-state index is 0.0477. The van der Waals surface area contributed by atoms with Crippen LogP contribution in [0.15, 0.2) is 84.0 Å². The Labute approximate surface area is 175 Å². The van der Waals surface area contributed by atoms with Crippen LogP contribution < -0.4 is 0 Å². The second-order valence-corrected chi connectivity index (χ2v) is 8.89. The average Bonchev–Trinajstić information content (AvgIpc) is 2.67. The van der Waals surface area contributed by atoms with Gasteiger partial charge in [0.1, 0.15) is 0 Å². The molecule has 0 unspecified atom stereocenters. The van der Waals surface area contributed by atoms with Crippen LogP contribution >= 0.6 is 0 Å². The zero-order valence-corrected chi connectivity index (χ0v) is 18.5. The molecule has 3 aromatic carbocycles. The van der Waals surface area contributed by atoms with Crippen molar-refractivity contribution in [3.05, 3.63) is 95.7 Å². The van der Waals surface area contributed by atoms with Crippen molar-refractivity contribution in [2.45, 2.75) is 47.0 Å². The van der Waals surface area contributed by atoms with Crippen LogP contribution in [0.25, 0.3) is 22.3 Å². The van der Waals surface area contributed by atoms with E-state index in [1.165, 1.54) is 33.4 Å². The molecule has 3 aromatic rings. The third-order valence-electron chi connectivity index (χ3n) is 5.18. The predicted octanol–water partition coefficient (Wildman–Crippen LogP) is 7.97. The Morgan fingerprint density at radius 2 is 1.31 bits per heavy atom. The van der Waals surface area contributed by atoms with Crippen molar-refractivity contribution in [2.24, 2.45) is 4.99 Å². The number of aryl methyl sites for hydroxylation is 1. The van der Waals surface area contributed by atoms with Gasteiger partial charge in [-0.3, -0.25) is 4.99 Å². The molecule has 0 fully saturated rings. The van der Waals surface area contributed by atoms with Crippen molar-refractivity contribution in [3.8, 4) is 22.3 Å². The first-order valence-electron chi connectivity index (χ1n) is 10.2. The molecule has 0 aromatic heterocycles. The summed E-state index contributed by atoms with van der Waals surface area (Å²) in [6.07, 6.45) is 0. The molecule has 0 aliphatic rings. The maximum atomic E-state index is 4.48. The number of rotatable bonds is 4. The molecule has 0 aliphatic carbocycles. The van der Waals surface area contributed by atoms with Crippen LogP contribution in [0.4, 0.5) is 0 Å². The van der Waals surface area contributed by atoms with E-state index in [1.54, 1.807) is 0 Å². The van der Waals surface area contributed by atoms with Crippen LogP contribution in [-0.2, 0) is 5.41 Å². The zero-order valence-electron chi connectivity index (χ0n) is 18.5. The highest BCUT2D eigenvalue weighted by Crippen LogP contribution is 2.36. The number of benzene rings is 3. The molecule has 0 saturated carbocycles. The molecular formula is C28H31N. The molecule has 0 aliphatic heterocycles. The van der Waals surface area contributed by atoms with Gasteiger partial charge in [0.25, 0.3) is 0 Å². The van der Waals surface area contributed by atoms with Crippen LogP contribution in [0.1, 0.15) is 51.3 Å². The summed E-state index contributed by atoms with van der Waals surface area (Å²) in [4.78, 5) is 4.48. The standard InChI is InChI=1S/C28H31N/c1-19(2)29-21(4)22-12-14-24(15-13-22)26-17-16-25(18-27(26)28(5,6)7)23-10-8-20(3)9-11-23/h8-18H,1H2,2-7H3. The second-order valence-electron chi connectivity index (χ2n) is 8.89. The number of hydrogen-bond acceptors (Lipinski definition) is 1. The number of allylic oxidation sites excluding steroid dienone is 1. The maximum Gasteiger partial charge on any atom is 0.0447 e. The molecule has 0 spiro atoms. The monoisotopic (exact) mass is 381 g/mol. The van der Waals surface area contributed by atoms with Gasteiger partial charge in [0, 0.05) is 11.4 Å². The molecule has 0 N–H and O–H groups in total. The van der Waals surface area contributed by atoms with E-state index < -0.39 is 0 Å². The Balaban J connectivity index is 2.05. The normalized spacial score (nSPS) is 12.1. The molecule has 29 heavy (non-hydrogen) atoms. The summed E-state index contributed by atoms with van der Waals surface area (Å²) < 4.78 is 0. The van der Waals surface area contributed by atoms with E-state index >= 15 is 0 Å².